The van der Waals surface area contributed by atoms with Crippen LogP contribution in [0.1, 0.15) is 23.0 Å². The standard InChI is InChI=1S/C8H10ClNO2/c1-3-12-8(11)7-5(2)6(9)4-10-7/h4,10H,3H2,1-2H3. The number of halogens is 1. The molecule has 1 rings (SSSR count). The molecule has 0 atom stereocenters. The summed E-state index contributed by atoms with van der Waals surface area (Å²) in [5, 5.41) is 0.554. The lowest BCUT2D eigenvalue weighted by molar-refractivity contribution is 0.0519. The summed E-state index contributed by atoms with van der Waals surface area (Å²) in [7, 11) is 0. The molecule has 1 aromatic heterocycles. The maximum atomic E-state index is 11.2. The van der Waals surface area contributed by atoms with Crippen LogP contribution >= 0.6 is 11.6 Å². The number of carbonyl (C=O) groups excluding carboxylic acids is 1. The Morgan fingerprint density at radius 3 is 2.83 bits per heavy atom. The second-order valence-corrected chi connectivity index (χ2v) is 2.76. The summed E-state index contributed by atoms with van der Waals surface area (Å²) in [5.74, 6) is -0.359. The molecular weight excluding hydrogens is 178 g/mol. The Morgan fingerprint density at radius 1 is 1.75 bits per heavy atom. The number of esters is 1. The number of rotatable bonds is 2. The second kappa shape index (κ2) is 3.63. The first-order chi connectivity index (χ1) is 5.66. The molecule has 0 aliphatic carbocycles. The Balaban J connectivity index is 2.88. The van der Waals surface area contributed by atoms with E-state index in [0.29, 0.717) is 17.3 Å². The van der Waals surface area contributed by atoms with E-state index in [2.05, 4.69) is 4.98 Å². The van der Waals surface area contributed by atoms with Gasteiger partial charge in [0.25, 0.3) is 0 Å². The van der Waals surface area contributed by atoms with Gasteiger partial charge in [0.05, 0.1) is 11.6 Å². The van der Waals surface area contributed by atoms with Crippen LogP contribution in [0.4, 0.5) is 0 Å². The summed E-state index contributed by atoms with van der Waals surface area (Å²) in [6.07, 6.45) is 1.57. The van der Waals surface area contributed by atoms with E-state index in [4.69, 9.17) is 16.3 Å². The van der Waals surface area contributed by atoms with Gasteiger partial charge in [-0.1, -0.05) is 11.6 Å². The zero-order valence-corrected chi connectivity index (χ0v) is 7.73. The predicted octanol–water partition coefficient (Wildman–Crippen LogP) is 2.15. The highest BCUT2D eigenvalue weighted by atomic mass is 35.5. The van der Waals surface area contributed by atoms with E-state index >= 15 is 0 Å². The Hall–Kier alpha value is -0.960. The van der Waals surface area contributed by atoms with Crippen molar-refractivity contribution in [2.24, 2.45) is 0 Å². The van der Waals surface area contributed by atoms with E-state index < -0.39 is 0 Å². The maximum Gasteiger partial charge on any atom is 0.355 e. The lowest BCUT2D eigenvalue weighted by Gasteiger charge is -1.99. The summed E-state index contributed by atoms with van der Waals surface area (Å²) in [6.45, 7) is 3.90. The first-order valence-electron chi connectivity index (χ1n) is 3.67. The van der Waals surface area contributed by atoms with Gasteiger partial charge in [0.1, 0.15) is 5.69 Å². The van der Waals surface area contributed by atoms with Crippen molar-refractivity contribution in [2.45, 2.75) is 13.8 Å². The quantitative estimate of drug-likeness (QED) is 0.721. The molecule has 0 bridgehead atoms. The number of H-pyrrole nitrogens is 1. The third-order valence-corrected chi connectivity index (χ3v) is 1.95. The van der Waals surface area contributed by atoms with Crippen molar-refractivity contribution in [1.82, 2.24) is 4.98 Å². The van der Waals surface area contributed by atoms with Crippen molar-refractivity contribution in [2.75, 3.05) is 6.61 Å². The van der Waals surface area contributed by atoms with E-state index in [1.54, 1.807) is 20.0 Å². The van der Waals surface area contributed by atoms with Crippen molar-refractivity contribution in [3.8, 4) is 0 Å². The maximum absolute atomic E-state index is 11.2. The van der Waals surface area contributed by atoms with Gasteiger partial charge in [0.2, 0.25) is 0 Å². The second-order valence-electron chi connectivity index (χ2n) is 2.36. The fraction of sp³-hybridized carbons (Fsp3) is 0.375. The van der Waals surface area contributed by atoms with Gasteiger partial charge in [0.15, 0.2) is 0 Å². The third kappa shape index (κ3) is 1.61. The number of aromatic amines is 1. The zero-order chi connectivity index (χ0) is 9.14. The normalized spacial score (nSPS) is 9.92. The van der Waals surface area contributed by atoms with Gasteiger partial charge >= 0.3 is 5.97 Å². The first-order valence-corrected chi connectivity index (χ1v) is 4.05. The molecule has 0 aliphatic rings. The SMILES string of the molecule is CCOC(=O)c1[nH]cc(Cl)c1C. The molecule has 66 valence electrons. The first kappa shape index (κ1) is 9.13. The molecule has 0 spiro atoms. The topological polar surface area (TPSA) is 42.1 Å². The predicted molar refractivity (Wildman–Crippen MR) is 46.5 cm³/mol. The van der Waals surface area contributed by atoms with Crippen LogP contribution in [0.5, 0.6) is 0 Å². The van der Waals surface area contributed by atoms with Crippen LogP contribution in [0.25, 0.3) is 0 Å². The lowest BCUT2D eigenvalue weighted by atomic mass is 10.3. The van der Waals surface area contributed by atoms with Crippen molar-refractivity contribution in [1.29, 1.82) is 0 Å². The molecule has 0 aromatic carbocycles. The number of hydrogen-bond acceptors (Lipinski definition) is 2. The van der Waals surface area contributed by atoms with Gasteiger partial charge < -0.3 is 9.72 Å². The fourth-order valence-corrected chi connectivity index (χ4v) is 1.04. The van der Waals surface area contributed by atoms with Crippen molar-refractivity contribution >= 4 is 17.6 Å². The molecule has 0 aliphatic heterocycles. The largest absolute Gasteiger partial charge is 0.461 e. The molecular formula is C8H10ClNO2. The van der Waals surface area contributed by atoms with Gasteiger partial charge in [-0.15, -0.1) is 0 Å². The van der Waals surface area contributed by atoms with Gasteiger partial charge in [-0.2, -0.15) is 0 Å². The molecule has 3 nitrogen and oxygen atoms in total. The molecule has 0 saturated carbocycles. The summed E-state index contributed by atoms with van der Waals surface area (Å²) in [6, 6.07) is 0. The van der Waals surface area contributed by atoms with Crippen LogP contribution in [-0.2, 0) is 4.74 Å². The van der Waals surface area contributed by atoms with Crippen molar-refractivity contribution in [3.05, 3.63) is 22.5 Å². The average molecular weight is 188 g/mol. The lowest BCUT2D eigenvalue weighted by Crippen LogP contribution is -2.06. The van der Waals surface area contributed by atoms with Crippen LogP contribution in [0, 0.1) is 6.92 Å². The van der Waals surface area contributed by atoms with Crippen LogP contribution in [0.2, 0.25) is 5.02 Å². The van der Waals surface area contributed by atoms with Gasteiger partial charge in [-0.3, -0.25) is 0 Å². The van der Waals surface area contributed by atoms with Gasteiger partial charge in [-0.25, -0.2) is 4.79 Å². The number of hydrogen-bond donors (Lipinski definition) is 1. The van der Waals surface area contributed by atoms with Crippen LogP contribution in [0.15, 0.2) is 6.20 Å². The van der Waals surface area contributed by atoms with E-state index in [1.165, 1.54) is 0 Å². The van der Waals surface area contributed by atoms with E-state index in [-0.39, 0.29) is 5.97 Å². The number of ether oxygens (including phenoxy) is 1. The summed E-state index contributed by atoms with van der Waals surface area (Å²) < 4.78 is 4.79. The average Bonchev–Trinajstić information content (AvgIpc) is 2.34. The minimum Gasteiger partial charge on any atom is -0.461 e. The van der Waals surface area contributed by atoms with E-state index in [0.717, 1.165) is 5.56 Å². The Bertz CT molecular complexity index is 293. The zero-order valence-electron chi connectivity index (χ0n) is 6.98. The molecule has 0 amide bonds. The fourth-order valence-electron chi connectivity index (χ4n) is 0.887. The Morgan fingerprint density at radius 2 is 2.42 bits per heavy atom. The molecule has 1 N–H and O–H groups in total. The number of nitrogens with one attached hydrogen (secondary N) is 1. The monoisotopic (exact) mass is 187 g/mol. The van der Waals surface area contributed by atoms with Gasteiger partial charge in [-0.05, 0) is 13.8 Å². The minimum absolute atomic E-state index is 0.359. The highest BCUT2D eigenvalue weighted by Crippen LogP contribution is 2.18. The molecule has 1 aromatic rings. The highest BCUT2D eigenvalue weighted by molar-refractivity contribution is 6.31. The van der Waals surface area contributed by atoms with Crippen LogP contribution in [0.3, 0.4) is 0 Å². The molecule has 12 heavy (non-hydrogen) atoms. The summed E-state index contributed by atoms with van der Waals surface area (Å²) in [5.41, 5.74) is 1.16. The molecule has 0 unspecified atom stereocenters. The molecule has 0 radical (unpaired) electrons. The van der Waals surface area contributed by atoms with E-state index in [9.17, 15) is 4.79 Å². The summed E-state index contributed by atoms with van der Waals surface area (Å²) >= 11 is 5.73. The number of aromatic nitrogens is 1. The summed E-state index contributed by atoms with van der Waals surface area (Å²) in [4.78, 5) is 13.9. The molecule has 4 heteroatoms. The minimum atomic E-state index is -0.359. The number of carbonyl (C=O) groups is 1. The van der Waals surface area contributed by atoms with Crippen molar-refractivity contribution in [3.63, 3.8) is 0 Å². The molecule has 0 fully saturated rings. The van der Waals surface area contributed by atoms with Crippen molar-refractivity contribution < 1.29 is 9.53 Å². The molecule has 1 heterocycles. The van der Waals surface area contributed by atoms with Gasteiger partial charge in [0, 0.05) is 11.8 Å². The Kier molecular flexibility index (Phi) is 2.76. The highest BCUT2D eigenvalue weighted by Gasteiger charge is 2.13. The third-order valence-electron chi connectivity index (χ3n) is 1.56. The van der Waals surface area contributed by atoms with E-state index in [1.807, 2.05) is 0 Å². The van der Waals surface area contributed by atoms with Crippen LogP contribution in [-0.4, -0.2) is 17.6 Å². The Labute approximate surface area is 75.7 Å². The smallest absolute Gasteiger partial charge is 0.355 e. The van der Waals surface area contributed by atoms with Crippen LogP contribution < -0.4 is 0 Å². The molecule has 0 saturated heterocycles.